The van der Waals surface area contributed by atoms with Gasteiger partial charge in [0.15, 0.2) is 5.60 Å². The predicted octanol–water partition coefficient (Wildman–Crippen LogP) is 4.09. The van der Waals surface area contributed by atoms with Gasteiger partial charge in [-0.2, -0.15) is 0 Å². The molecule has 2 N–H and O–H groups in total. The minimum atomic E-state index is -1.82. The molecule has 1 atom stereocenters. The van der Waals surface area contributed by atoms with Crippen LogP contribution in [0.1, 0.15) is 34.7 Å². The number of para-hydroxylation sites is 2. The lowest BCUT2D eigenvalue weighted by molar-refractivity contribution is -0.133. The molecule has 0 bridgehead atoms. The van der Waals surface area contributed by atoms with Crippen LogP contribution in [-0.4, -0.2) is 23.5 Å². The van der Waals surface area contributed by atoms with E-state index < -0.39 is 11.5 Å². The van der Waals surface area contributed by atoms with Crippen LogP contribution in [0.4, 0.5) is 11.4 Å². The average Bonchev–Trinajstić information content (AvgIpc) is 2.98. The Morgan fingerprint density at radius 1 is 1.00 bits per heavy atom. The molecule has 0 saturated heterocycles. The van der Waals surface area contributed by atoms with Crippen LogP contribution in [0.3, 0.4) is 0 Å². The fourth-order valence-corrected chi connectivity index (χ4v) is 4.19. The van der Waals surface area contributed by atoms with E-state index in [1.807, 2.05) is 51.1 Å². The zero-order chi connectivity index (χ0) is 22.2. The van der Waals surface area contributed by atoms with Gasteiger partial charge in [-0.1, -0.05) is 73.2 Å². The Balaban J connectivity index is 1.66. The highest BCUT2D eigenvalue weighted by Crippen LogP contribution is 2.44. The molecule has 0 fully saturated rings. The highest BCUT2D eigenvalue weighted by molar-refractivity contribution is 6.12. The number of hydrogen-bond acceptors (Lipinski definition) is 3. The number of aliphatic hydroxyl groups is 1. The lowest BCUT2D eigenvalue weighted by Gasteiger charge is -2.24. The highest BCUT2D eigenvalue weighted by Gasteiger charge is 2.51. The van der Waals surface area contributed by atoms with E-state index in [4.69, 9.17) is 0 Å². The number of nitrogens with one attached hydrogen (secondary N) is 1. The Morgan fingerprint density at radius 3 is 2.42 bits per heavy atom. The van der Waals surface area contributed by atoms with Crippen molar-refractivity contribution in [2.75, 3.05) is 16.8 Å². The Hall–Kier alpha value is -3.44. The van der Waals surface area contributed by atoms with Crippen molar-refractivity contribution in [1.82, 2.24) is 0 Å². The maximum atomic E-state index is 13.4. The van der Waals surface area contributed by atoms with Gasteiger partial charge in [0.2, 0.25) is 5.91 Å². The average molecular weight is 415 g/mol. The summed E-state index contributed by atoms with van der Waals surface area (Å²) in [4.78, 5) is 27.8. The molecule has 31 heavy (non-hydrogen) atoms. The van der Waals surface area contributed by atoms with Gasteiger partial charge < -0.3 is 10.4 Å². The Morgan fingerprint density at radius 2 is 1.71 bits per heavy atom. The molecule has 4 rings (SSSR count). The van der Waals surface area contributed by atoms with Crippen LogP contribution < -0.4 is 10.2 Å². The number of benzene rings is 3. The third-order valence-electron chi connectivity index (χ3n) is 5.91. The van der Waals surface area contributed by atoms with Crippen molar-refractivity contribution in [3.05, 3.63) is 94.5 Å². The molecular formula is C26H26N2O3. The summed E-state index contributed by atoms with van der Waals surface area (Å²) < 4.78 is 0. The van der Waals surface area contributed by atoms with E-state index >= 15 is 0 Å². The molecule has 1 aliphatic heterocycles. The lowest BCUT2D eigenvalue weighted by Crippen LogP contribution is -2.44. The normalized spacial score (nSPS) is 17.5. The van der Waals surface area contributed by atoms with E-state index in [2.05, 4.69) is 5.32 Å². The van der Waals surface area contributed by atoms with Crippen LogP contribution in [0.15, 0.2) is 66.7 Å². The van der Waals surface area contributed by atoms with Gasteiger partial charge in [0.25, 0.3) is 5.91 Å². The topological polar surface area (TPSA) is 69.6 Å². The largest absolute Gasteiger partial charge is 0.372 e. The van der Waals surface area contributed by atoms with Crippen molar-refractivity contribution in [3.63, 3.8) is 0 Å². The van der Waals surface area contributed by atoms with Crippen LogP contribution in [0.25, 0.3) is 0 Å². The molecule has 3 aromatic rings. The smallest absolute Gasteiger partial charge is 0.268 e. The predicted molar refractivity (Wildman–Crippen MR) is 122 cm³/mol. The van der Waals surface area contributed by atoms with Crippen LogP contribution in [0, 0.1) is 13.8 Å². The first-order chi connectivity index (χ1) is 14.9. The summed E-state index contributed by atoms with van der Waals surface area (Å²) >= 11 is 0. The third kappa shape index (κ3) is 3.51. The number of rotatable bonds is 5. The molecular weight excluding hydrogens is 388 g/mol. The van der Waals surface area contributed by atoms with Crippen molar-refractivity contribution < 1.29 is 14.7 Å². The SMILES string of the molecule is CCc1cccc(C)c1NC(=O)CN1C(=O)[C@](O)(c2ccc(C)cc2)c2ccccc21. The number of amides is 2. The molecule has 0 radical (unpaired) electrons. The van der Waals surface area contributed by atoms with Crippen LogP contribution in [0.5, 0.6) is 0 Å². The molecule has 2 amide bonds. The second-order valence-electron chi connectivity index (χ2n) is 8.00. The standard InChI is InChI=1S/C26H26N2O3/c1-4-19-9-7-8-18(3)24(19)27-23(29)16-28-22-11-6-5-10-21(22)26(31,25(28)30)20-14-12-17(2)13-15-20/h5-15,31H,4,16H2,1-3H3,(H,27,29)/t26-/m0/s1. The molecule has 0 aromatic heterocycles. The van der Waals surface area contributed by atoms with E-state index in [1.54, 1.807) is 36.4 Å². The number of fused-ring (bicyclic) bond motifs is 1. The van der Waals surface area contributed by atoms with Crippen LogP contribution in [-0.2, 0) is 21.6 Å². The van der Waals surface area contributed by atoms with Gasteiger partial charge in [-0.25, -0.2) is 0 Å². The number of aryl methyl sites for hydroxylation is 3. The molecule has 0 unspecified atom stereocenters. The van der Waals surface area contributed by atoms with Crippen molar-refractivity contribution in [2.24, 2.45) is 0 Å². The van der Waals surface area contributed by atoms with Crippen molar-refractivity contribution in [2.45, 2.75) is 32.8 Å². The van der Waals surface area contributed by atoms with Crippen LogP contribution in [0.2, 0.25) is 0 Å². The number of anilines is 2. The maximum Gasteiger partial charge on any atom is 0.268 e. The van der Waals surface area contributed by atoms with E-state index in [0.717, 1.165) is 28.8 Å². The second-order valence-corrected chi connectivity index (χ2v) is 8.00. The molecule has 5 heteroatoms. The van der Waals surface area contributed by atoms with Gasteiger partial charge in [0.05, 0.1) is 5.69 Å². The van der Waals surface area contributed by atoms with Gasteiger partial charge in [-0.15, -0.1) is 0 Å². The molecule has 3 aromatic carbocycles. The van der Waals surface area contributed by atoms with E-state index in [0.29, 0.717) is 16.8 Å². The summed E-state index contributed by atoms with van der Waals surface area (Å²) in [6.07, 6.45) is 0.788. The minimum Gasteiger partial charge on any atom is -0.372 e. The van der Waals surface area contributed by atoms with Gasteiger partial charge in [-0.3, -0.25) is 14.5 Å². The Kier molecular flexibility index (Phi) is 5.38. The van der Waals surface area contributed by atoms with E-state index in [-0.39, 0.29) is 12.5 Å². The first kappa shape index (κ1) is 20.8. The molecule has 158 valence electrons. The minimum absolute atomic E-state index is 0.179. The summed E-state index contributed by atoms with van der Waals surface area (Å²) in [5.74, 6) is -0.825. The quantitative estimate of drug-likeness (QED) is 0.661. The zero-order valence-electron chi connectivity index (χ0n) is 18.0. The molecule has 1 aliphatic rings. The van der Waals surface area contributed by atoms with Crippen LogP contribution >= 0.6 is 0 Å². The Labute approximate surface area is 182 Å². The number of carbonyl (C=O) groups excluding carboxylic acids is 2. The molecule has 5 nitrogen and oxygen atoms in total. The third-order valence-corrected chi connectivity index (χ3v) is 5.91. The van der Waals surface area contributed by atoms with Gasteiger partial charge in [0, 0.05) is 11.3 Å². The van der Waals surface area contributed by atoms with Gasteiger partial charge >= 0.3 is 0 Å². The van der Waals surface area contributed by atoms with Gasteiger partial charge in [-0.05, 0) is 43.0 Å². The zero-order valence-corrected chi connectivity index (χ0v) is 18.0. The van der Waals surface area contributed by atoms with Crippen molar-refractivity contribution >= 4 is 23.2 Å². The summed E-state index contributed by atoms with van der Waals surface area (Å²) in [5.41, 5.74) is 3.53. The number of carbonyl (C=O) groups is 2. The lowest BCUT2D eigenvalue weighted by atomic mass is 9.87. The number of hydrogen-bond donors (Lipinski definition) is 2. The fourth-order valence-electron chi connectivity index (χ4n) is 4.19. The second kappa shape index (κ2) is 8.00. The summed E-state index contributed by atoms with van der Waals surface area (Å²) in [6, 6.07) is 20.2. The summed E-state index contributed by atoms with van der Waals surface area (Å²) in [5, 5.41) is 14.5. The number of nitrogens with zero attached hydrogens (tertiary/aromatic N) is 1. The van der Waals surface area contributed by atoms with E-state index in [1.165, 1.54) is 4.90 Å². The highest BCUT2D eigenvalue weighted by atomic mass is 16.3. The summed E-state index contributed by atoms with van der Waals surface area (Å²) in [6.45, 7) is 5.75. The van der Waals surface area contributed by atoms with E-state index in [9.17, 15) is 14.7 Å². The summed E-state index contributed by atoms with van der Waals surface area (Å²) in [7, 11) is 0. The molecule has 1 heterocycles. The van der Waals surface area contributed by atoms with Gasteiger partial charge in [0.1, 0.15) is 6.54 Å². The van der Waals surface area contributed by atoms with Crippen molar-refractivity contribution in [1.29, 1.82) is 0 Å². The Bertz CT molecular complexity index is 1150. The molecule has 0 spiro atoms. The maximum absolute atomic E-state index is 13.4. The molecule has 0 saturated carbocycles. The molecule has 0 aliphatic carbocycles. The monoisotopic (exact) mass is 414 g/mol. The first-order valence-corrected chi connectivity index (χ1v) is 10.5. The fraction of sp³-hybridized carbons (Fsp3) is 0.231. The van der Waals surface area contributed by atoms with Crippen molar-refractivity contribution in [3.8, 4) is 0 Å². The first-order valence-electron chi connectivity index (χ1n) is 10.5.